The lowest BCUT2D eigenvalue weighted by Gasteiger charge is -2.13. The Morgan fingerprint density at radius 3 is 3.00 bits per heavy atom. The topological polar surface area (TPSA) is 90.1 Å². The molecule has 7 heteroatoms. The molecule has 0 aliphatic heterocycles. The quantitative estimate of drug-likeness (QED) is 0.880. The van der Waals surface area contributed by atoms with Crippen molar-refractivity contribution >= 4 is 28.1 Å². The molecule has 0 saturated carbocycles. The predicted molar refractivity (Wildman–Crippen MR) is 78.9 cm³/mol. The van der Waals surface area contributed by atoms with Crippen LogP contribution >= 0.6 is 11.3 Å². The third kappa shape index (κ3) is 3.92. The van der Waals surface area contributed by atoms with E-state index in [1.54, 1.807) is 23.7 Å². The number of carbonyl (C=O) groups is 1. The molecule has 0 unspecified atom stereocenters. The third-order valence-electron chi connectivity index (χ3n) is 2.30. The van der Waals surface area contributed by atoms with Gasteiger partial charge in [0.15, 0.2) is 5.13 Å². The first-order chi connectivity index (χ1) is 9.54. The van der Waals surface area contributed by atoms with Crippen molar-refractivity contribution in [2.75, 3.05) is 11.1 Å². The number of hydrogen-bond donors (Lipinski definition) is 2. The molecule has 0 radical (unpaired) electrons. The van der Waals surface area contributed by atoms with Crippen molar-refractivity contribution in [3.8, 4) is 5.88 Å². The Balaban J connectivity index is 2.04. The largest absolute Gasteiger partial charge is 0.473 e. The number of carbonyl (C=O) groups excluding carboxylic acids is 1. The summed E-state index contributed by atoms with van der Waals surface area (Å²) in [6.07, 6.45) is 1.77. The van der Waals surface area contributed by atoms with E-state index in [1.807, 2.05) is 13.8 Å². The minimum absolute atomic E-state index is 0.0149. The van der Waals surface area contributed by atoms with E-state index >= 15 is 0 Å². The van der Waals surface area contributed by atoms with Gasteiger partial charge in [-0.25, -0.2) is 9.97 Å². The van der Waals surface area contributed by atoms with Crippen LogP contribution in [-0.4, -0.2) is 22.0 Å². The number of nitrogens with one attached hydrogen (secondary N) is 1. The van der Waals surface area contributed by atoms with Gasteiger partial charge in [0.1, 0.15) is 5.69 Å². The summed E-state index contributed by atoms with van der Waals surface area (Å²) < 4.78 is 5.54. The van der Waals surface area contributed by atoms with Crippen LogP contribution in [0.2, 0.25) is 0 Å². The Morgan fingerprint density at radius 1 is 1.55 bits per heavy atom. The molecule has 0 saturated heterocycles. The van der Waals surface area contributed by atoms with Crippen LogP contribution in [0.5, 0.6) is 5.88 Å². The van der Waals surface area contributed by atoms with E-state index in [2.05, 4.69) is 15.3 Å². The van der Waals surface area contributed by atoms with E-state index < -0.39 is 0 Å². The standard InChI is InChI=1S/C13H16N4O2S/c1-8(2)19-12-10(4-3-5-15-12)17-11(18)6-9-7-20-13(14)16-9/h3-5,7-8H,6H2,1-2H3,(H2,14,16)(H,17,18). The van der Waals surface area contributed by atoms with Crippen LogP contribution in [0.25, 0.3) is 0 Å². The number of amides is 1. The van der Waals surface area contributed by atoms with Crippen LogP contribution in [-0.2, 0) is 11.2 Å². The fourth-order valence-electron chi connectivity index (χ4n) is 1.57. The van der Waals surface area contributed by atoms with Gasteiger partial charge < -0.3 is 15.8 Å². The fraction of sp³-hybridized carbons (Fsp3) is 0.308. The third-order valence-corrected chi connectivity index (χ3v) is 3.03. The lowest BCUT2D eigenvalue weighted by Crippen LogP contribution is -2.17. The van der Waals surface area contributed by atoms with Crippen LogP contribution in [0, 0.1) is 0 Å². The van der Waals surface area contributed by atoms with Gasteiger partial charge in [-0.05, 0) is 26.0 Å². The Labute approximate surface area is 121 Å². The maximum absolute atomic E-state index is 12.0. The normalized spacial score (nSPS) is 10.6. The van der Waals surface area contributed by atoms with Crippen molar-refractivity contribution in [2.24, 2.45) is 0 Å². The van der Waals surface area contributed by atoms with Gasteiger partial charge in [-0.15, -0.1) is 11.3 Å². The summed E-state index contributed by atoms with van der Waals surface area (Å²) in [6, 6.07) is 3.49. The molecule has 106 valence electrons. The van der Waals surface area contributed by atoms with Crippen molar-refractivity contribution in [1.82, 2.24) is 9.97 Å². The van der Waals surface area contributed by atoms with Crippen LogP contribution in [0.3, 0.4) is 0 Å². The SMILES string of the molecule is CC(C)Oc1ncccc1NC(=O)Cc1csc(N)n1. The Kier molecular flexibility index (Phi) is 4.52. The molecule has 2 aromatic rings. The van der Waals surface area contributed by atoms with E-state index in [0.29, 0.717) is 22.4 Å². The highest BCUT2D eigenvalue weighted by Crippen LogP contribution is 2.22. The zero-order chi connectivity index (χ0) is 14.5. The lowest BCUT2D eigenvalue weighted by atomic mass is 10.3. The van der Waals surface area contributed by atoms with Crippen molar-refractivity contribution in [1.29, 1.82) is 0 Å². The summed E-state index contributed by atoms with van der Waals surface area (Å²) >= 11 is 1.31. The summed E-state index contributed by atoms with van der Waals surface area (Å²) in [5.41, 5.74) is 6.73. The molecule has 0 aliphatic carbocycles. The van der Waals surface area contributed by atoms with Crippen molar-refractivity contribution in [3.63, 3.8) is 0 Å². The van der Waals surface area contributed by atoms with Crippen LogP contribution in [0.1, 0.15) is 19.5 Å². The van der Waals surface area contributed by atoms with Gasteiger partial charge in [0.2, 0.25) is 11.8 Å². The Hall–Kier alpha value is -2.15. The summed E-state index contributed by atoms with van der Waals surface area (Å²) in [4.78, 5) is 20.1. The second kappa shape index (κ2) is 6.33. The zero-order valence-corrected chi connectivity index (χ0v) is 12.1. The zero-order valence-electron chi connectivity index (χ0n) is 11.3. The highest BCUT2D eigenvalue weighted by Gasteiger charge is 2.11. The summed E-state index contributed by atoms with van der Waals surface area (Å²) in [7, 11) is 0. The van der Waals surface area contributed by atoms with Gasteiger partial charge >= 0.3 is 0 Å². The molecule has 0 fully saturated rings. The van der Waals surface area contributed by atoms with Crippen LogP contribution < -0.4 is 15.8 Å². The van der Waals surface area contributed by atoms with E-state index in [4.69, 9.17) is 10.5 Å². The minimum atomic E-state index is -0.183. The monoisotopic (exact) mass is 292 g/mol. The summed E-state index contributed by atoms with van der Waals surface area (Å²) in [6.45, 7) is 3.80. The second-order valence-electron chi connectivity index (χ2n) is 4.42. The number of nitrogen functional groups attached to an aromatic ring is 1. The molecule has 2 heterocycles. The smallest absolute Gasteiger partial charge is 0.238 e. The van der Waals surface area contributed by atoms with Gasteiger partial charge in [-0.2, -0.15) is 0 Å². The number of pyridine rings is 1. The van der Waals surface area contributed by atoms with E-state index in [9.17, 15) is 4.79 Å². The predicted octanol–water partition coefficient (Wildman–Crippen LogP) is 2.09. The van der Waals surface area contributed by atoms with Crippen LogP contribution in [0.4, 0.5) is 10.8 Å². The molecule has 1 amide bonds. The van der Waals surface area contributed by atoms with Crippen molar-refractivity contribution in [3.05, 3.63) is 29.4 Å². The van der Waals surface area contributed by atoms with Crippen molar-refractivity contribution < 1.29 is 9.53 Å². The van der Waals surface area contributed by atoms with E-state index in [1.165, 1.54) is 11.3 Å². The molecule has 0 atom stereocenters. The van der Waals surface area contributed by atoms with Gasteiger partial charge in [0.25, 0.3) is 0 Å². The molecule has 6 nitrogen and oxygen atoms in total. The van der Waals surface area contributed by atoms with E-state index in [-0.39, 0.29) is 18.4 Å². The molecule has 0 spiro atoms. The first-order valence-electron chi connectivity index (χ1n) is 6.16. The summed E-state index contributed by atoms with van der Waals surface area (Å²) in [5, 5.41) is 5.00. The number of nitrogens with two attached hydrogens (primary N) is 1. The van der Waals surface area contributed by atoms with E-state index in [0.717, 1.165) is 0 Å². The lowest BCUT2D eigenvalue weighted by molar-refractivity contribution is -0.115. The minimum Gasteiger partial charge on any atom is -0.473 e. The molecular weight excluding hydrogens is 276 g/mol. The number of anilines is 2. The average Bonchev–Trinajstić information content (AvgIpc) is 2.76. The first-order valence-corrected chi connectivity index (χ1v) is 7.04. The van der Waals surface area contributed by atoms with Gasteiger partial charge in [-0.3, -0.25) is 4.79 Å². The first kappa shape index (κ1) is 14.3. The van der Waals surface area contributed by atoms with Crippen molar-refractivity contribution in [2.45, 2.75) is 26.4 Å². The Morgan fingerprint density at radius 2 is 2.35 bits per heavy atom. The highest BCUT2D eigenvalue weighted by molar-refractivity contribution is 7.13. The number of aromatic nitrogens is 2. The second-order valence-corrected chi connectivity index (χ2v) is 5.31. The number of thiazole rings is 1. The molecule has 0 aliphatic rings. The molecule has 0 bridgehead atoms. The summed E-state index contributed by atoms with van der Waals surface area (Å²) in [5.74, 6) is 0.227. The number of rotatable bonds is 5. The maximum atomic E-state index is 12.0. The molecular formula is C13H16N4O2S. The molecule has 0 aromatic carbocycles. The van der Waals surface area contributed by atoms with Gasteiger partial charge in [0, 0.05) is 11.6 Å². The highest BCUT2D eigenvalue weighted by atomic mass is 32.1. The molecule has 2 aromatic heterocycles. The molecule has 20 heavy (non-hydrogen) atoms. The fourth-order valence-corrected chi connectivity index (χ4v) is 2.13. The number of ether oxygens (including phenoxy) is 1. The Bertz CT molecular complexity index is 598. The maximum Gasteiger partial charge on any atom is 0.238 e. The number of hydrogen-bond acceptors (Lipinski definition) is 6. The van der Waals surface area contributed by atoms with Gasteiger partial charge in [-0.1, -0.05) is 0 Å². The van der Waals surface area contributed by atoms with Crippen LogP contribution in [0.15, 0.2) is 23.7 Å². The molecule has 2 rings (SSSR count). The number of nitrogens with zero attached hydrogens (tertiary/aromatic N) is 2. The molecule has 3 N–H and O–H groups in total. The van der Waals surface area contributed by atoms with Gasteiger partial charge in [0.05, 0.1) is 18.2 Å². The average molecular weight is 292 g/mol.